The van der Waals surface area contributed by atoms with Gasteiger partial charge >= 0.3 is 0 Å². The van der Waals surface area contributed by atoms with Crippen molar-refractivity contribution in [2.45, 2.75) is 38.1 Å². The standard InChI is InChI=1S/C18H22N2O2.ClHO4/c1-21-17-7-6-11-12(18(17)22-2)8-9-20-15-5-3-4-13(15)14(19)10-16(11)20;2-1(3,4)5/h6-7,16,19H,3-5,8-10H2,1-2H3;(H,2,3,4,5). The van der Waals surface area contributed by atoms with E-state index in [0.29, 0.717) is 6.04 Å². The third-order valence-corrected chi connectivity index (χ3v) is 5.32. The molecule has 0 amide bonds. The average molecular weight is 399 g/mol. The molecule has 0 radical (unpaired) electrons. The zero-order valence-electron chi connectivity index (χ0n) is 15.3. The molecular formula is C18H23ClN2O6. The summed E-state index contributed by atoms with van der Waals surface area (Å²) in [5, 5.41) is 8.42. The van der Waals surface area contributed by atoms with E-state index in [1.807, 2.05) is 6.07 Å². The van der Waals surface area contributed by atoms with Gasteiger partial charge in [0.25, 0.3) is 0 Å². The molecule has 1 atom stereocenters. The quantitative estimate of drug-likeness (QED) is 0.675. The highest BCUT2D eigenvalue weighted by atomic mass is 35.7. The molecule has 148 valence electrons. The first kappa shape index (κ1) is 19.9. The van der Waals surface area contributed by atoms with Gasteiger partial charge in [-0.15, -0.1) is 0 Å². The maximum absolute atomic E-state index is 8.60. The van der Waals surface area contributed by atoms with E-state index in [1.165, 1.54) is 28.8 Å². The summed E-state index contributed by atoms with van der Waals surface area (Å²) in [4.78, 5) is 2.55. The van der Waals surface area contributed by atoms with Crippen LogP contribution in [-0.4, -0.2) is 36.0 Å². The lowest BCUT2D eigenvalue weighted by molar-refractivity contribution is -1.92. The number of rotatable bonds is 2. The largest absolute Gasteiger partial charge is 0.493 e. The van der Waals surface area contributed by atoms with Gasteiger partial charge in [-0.2, -0.15) is 14.0 Å². The molecule has 4 rings (SSSR count). The van der Waals surface area contributed by atoms with Crippen LogP contribution in [0.2, 0.25) is 0 Å². The van der Waals surface area contributed by atoms with Crippen molar-refractivity contribution in [1.82, 2.24) is 4.90 Å². The Labute approximate surface area is 159 Å². The number of halogens is 1. The molecule has 0 spiro atoms. The second-order valence-electron chi connectivity index (χ2n) is 6.69. The van der Waals surface area contributed by atoms with Gasteiger partial charge in [0.1, 0.15) is 0 Å². The molecule has 0 aromatic heterocycles. The van der Waals surface area contributed by atoms with E-state index in [2.05, 4.69) is 11.0 Å². The Hall–Kier alpha value is -1.84. The van der Waals surface area contributed by atoms with Crippen LogP contribution < -0.4 is 23.5 Å². The Morgan fingerprint density at radius 2 is 1.85 bits per heavy atom. The number of nitrogens with one attached hydrogen (secondary N) is 1. The zero-order chi connectivity index (χ0) is 19.8. The highest BCUT2D eigenvalue weighted by molar-refractivity contribution is 6.00. The number of benzene rings is 1. The summed E-state index contributed by atoms with van der Waals surface area (Å²) in [5.41, 5.74) is 6.17. The molecule has 3 aliphatic rings. The fraction of sp³-hybridized carbons (Fsp3) is 0.500. The van der Waals surface area contributed by atoms with Gasteiger partial charge < -0.3 is 19.8 Å². The van der Waals surface area contributed by atoms with Crippen molar-refractivity contribution in [2.24, 2.45) is 0 Å². The van der Waals surface area contributed by atoms with Crippen molar-refractivity contribution in [3.8, 4) is 11.5 Å². The minimum absolute atomic E-state index is 0.299. The van der Waals surface area contributed by atoms with Crippen molar-refractivity contribution >= 4 is 5.71 Å². The number of allylic oxidation sites excluding steroid dienone is 2. The van der Waals surface area contributed by atoms with Crippen LogP contribution in [0.3, 0.4) is 0 Å². The van der Waals surface area contributed by atoms with E-state index >= 15 is 0 Å². The van der Waals surface area contributed by atoms with E-state index in [1.54, 1.807) is 14.2 Å². The molecule has 2 aliphatic heterocycles. The Balaban J connectivity index is 0.000000376. The van der Waals surface area contributed by atoms with E-state index in [9.17, 15) is 0 Å². The van der Waals surface area contributed by atoms with Crippen LogP contribution >= 0.6 is 0 Å². The van der Waals surface area contributed by atoms with Gasteiger partial charge in [0, 0.05) is 29.9 Å². The predicted octanol–water partition coefficient (Wildman–Crippen LogP) is -0.660. The van der Waals surface area contributed by atoms with Gasteiger partial charge in [0.2, 0.25) is 0 Å². The molecule has 27 heavy (non-hydrogen) atoms. The maximum Gasteiger partial charge on any atom is 0.164 e. The van der Waals surface area contributed by atoms with Crippen LogP contribution in [0.5, 0.6) is 11.5 Å². The first-order valence-corrected chi connectivity index (χ1v) is 9.94. The summed E-state index contributed by atoms with van der Waals surface area (Å²) in [5.74, 6) is 1.68. The third kappa shape index (κ3) is 4.04. The van der Waals surface area contributed by atoms with Crippen LogP contribution in [0.25, 0.3) is 0 Å². The number of fused-ring (bicyclic) bond motifs is 4. The highest BCUT2D eigenvalue weighted by Gasteiger charge is 2.38. The van der Waals surface area contributed by atoms with Gasteiger partial charge in [-0.05, 0) is 42.9 Å². The Morgan fingerprint density at radius 1 is 1.15 bits per heavy atom. The summed E-state index contributed by atoms with van der Waals surface area (Å²) in [6.07, 6.45) is 5.24. The number of ether oxygens (including phenoxy) is 2. The minimum Gasteiger partial charge on any atom is -0.493 e. The molecular weight excluding hydrogens is 376 g/mol. The smallest absolute Gasteiger partial charge is 0.164 e. The zero-order valence-corrected chi connectivity index (χ0v) is 16.0. The highest BCUT2D eigenvalue weighted by Crippen LogP contribution is 2.48. The molecule has 9 heteroatoms. The van der Waals surface area contributed by atoms with Crippen LogP contribution in [0.15, 0.2) is 23.4 Å². The molecule has 0 saturated heterocycles. The van der Waals surface area contributed by atoms with Crippen LogP contribution in [-0.2, 0) is 6.42 Å². The molecule has 8 nitrogen and oxygen atoms in total. The van der Waals surface area contributed by atoms with E-state index in [-0.39, 0.29) is 0 Å². The van der Waals surface area contributed by atoms with Crippen molar-refractivity contribution in [2.75, 3.05) is 20.8 Å². The molecule has 1 aromatic rings. The number of nitrogens with zero attached hydrogens (tertiary/aromatic N) is 1. The van der Waals surface area contributed by atoms with Gasteiger partial charge in [0.15, 0.2) is 11.5 Å². The molecule has 1 unspecified atom stereocenters. The fourth-order valence-electron chi connectivity index (χ4n) is 4.36. The predicted molar refractivity (Wildman–Crippen MR) is 88.1 cm³/mol. The molecule has 0 saturated carbocycles. The lowest BCUT2D eigenvalue weighted by Crippen LogP contribution is -2.58. The first-order chi connectivity index (χ1) is 12.7. The Kier molecular flexibility index (Phi) is 5.64. The summed E-state index contributed by atoms with van der Waals surface area (Å²) in [6.45, 7) is 1.02. The number of hydrogen-bond acceptors (Lipinski definition) is 8. The van der Waals surface area contributed by atoms with E-state index in [0.717, 1.165) is 49.4 Å². The van der Waals surface area contributed by atoms with Crippen molar-refractivity contribution in [1.29, 1.82) is 5.41 Å². The van der Waals surface area contributed by atoms with Crippen molar-refractivity contribution in [3.05, 3.63) is 34.5 Å². The summed E-state index contributed by atoms with van der Waals surface area (Å²) in [7, 11) is -1.30. The Bertz CT molecular complexity index is 768. The topological polar surface area (TPSA) is 135 Å². The maximum atomic E-state index is 8.60. The molecule has 2 N–H and O–H groups in total. The minimum atomic E-state index is -4.69. The van der Waals surface area contributed by atoms with Gasteiger partial charge in [-0.1, -0.05) is 6.07 Å². The molecule has 0 bridgehead atoms. The monoisotopic (exact) mass is 398 g/mol. The fourth-order valence-corrected chi connectivity index (χ4v) is 4.36. The van der Waals surface area contributed by atoms with Gasteiger partial charge in [-0.3, -0.25) is 0 Å². The molecule has 1 aliphatic carbocycles. The van der Waals surface area contributed by atoms with Crippen LogP contribution in [0.1, 0.15) is 42.9 Å². The second-order valence-corrected chi connectivity index (χ2v) is 7.48. The van der Waals surface area contributed by atoms with Crippen LogP contribution in [0.4, 0.5) is 0 Å². The average Bonchev–Trinajstić information content (AvgIpc) is 3.09. The molecule has 1 aromatic carbocycles. The van der Waals surface area contributed by atoms with Crippen LogP contribution in [0, 0.1) is 15.7 Å². The van der Waals surface area contributed by atoms with E-state index < -0.39 is 10.2 Å². The summed E-state index contributed by atoms with van der Waals surface area (Å²) < 4.78 is 43.8. The third-order valence-electron chi connectivity index (χ3n) is 5.32. The SMILES string of the molecule is COc1ccc2c(c1OC)CCN1C3=C(CCC3)C(=N)CC21.[O-][Cl+3]([O-])([O-])O. The lowest BCUT2D eigenvalue weighted by atomic mass is 9.84. The molecule has 0 fully saturated rings. The Morgan fingerprint density at radius 3 is 2.48 bits per heavy atom. The second kappa shape index (κ2) is 7.65. The molecule has 2 heterocycles. The van der Waals surface area contributed by atoms with E-state index in [4.69, 9.17) is 33.5 Å². The van der Waals surface area contributed by atoms with Gasteiger partial charge in [0.05, 0.1) is 35.2 Å². The summed E-state index contributed by atoms with van der Waals surface area (Å²) in [6, 6.07) is 4.47. The normalized spacial score (nSPS) is 21.0. The first-order valence-electron chi connectivity index (χ1n) is 8.68. The van der Waals surface area contributed by atoms with Crippen molar-refractivity contribution in [3.63, 3.8) is 0 Å². The summed E-state index contributed by atoms with van der Waals surface area (Å²) >= 11 is 0. The number of methoxy groups -OCH3 is 2. The van der Waals surface area contributed by atoms with Gasteiger partial charge in [-0.25, -0.2) is 0 Å². The lowest BCUT2D eigenvalue weighted by Gasteiger charge is -2.44. The number of hydrogen-bond donors (Lipinski definition) is 2. The van der Waals surface area contributed by atoms with Crippen molar-refractivity contribution < 1.29 is 38.4 Å².